The normalized spacial score (nSPS) is 15.6. The lowest BCUT2D eigenvalue weighted by Crippen LogP contribution is -2.30. The van der Waals surface area contributed by atoms with E-state index < -0.39 is 0 Å². The Morgan fingerprint density at radius 1 is 1.13 bits per heavy atom. The van der Waals surface area contributed by atoms with Gasteiger partial charge in [-0.25, -0.2) is 14.8 Å². The van der Waals surface area contributed by atoms with Crippen LogP contribution < -0.4 is 5.69 Å². The van der Waals surface area contributed by atoms with Crippen molar-refractivity contribution in [2.45, 2.75) is 38.8 Å². The van der Waals surface area contributed by atoms with Crippen LogP contribution in [0.2, 0.25) is 0 Å². The maximum Gasteiger partial charge on any atom is 0.328 e. The first-order valence-corrected chi connectivity index (χ1v) is 13.0. The summed E-state index contributed by atoms with van der Waals surface area (Å²) in [4.78, 5) is 39.8. The summed E-state index contributed by atoms with van der Waals surface area (Å²) in [5.41, 5.74) is 4.52. The van der Waals surface area contributed by atoms with E-state index in [4.69, 9.17) is 14.5 Å². The molecule has 198 valence electrons. The average molecular weight is 516 g/mol. The van der Waals surface area contributed by atoms with Crippen LogP contribution in [0, 0.1) is 0 Å². The molecule has 0 radical (unpaired) electrons. The number of carbonyl (C=O) groups excluding carboxylic acids is 1. The molecule has 9 heteroatoms. The van der Waals surface area contributed by atoms with Crippen LogP contribution in [-0.4, -0.2) is 69.8 Å². The van der Waals surface area contributed by atoms with Crippen molar-refractivity contribution in [3.8, 4) is 11.4 Å². The van der Waals surface area contributed by atoms with E-state index in [2.05, 4.69) is 29.9 Å². The fraction of sp³-hybridized carbons (Fsp3) is 0.379. The molecule has 1 aliphatic rings. The monoisotopic (exact) mass is 515 g/mol. The number of hydrogen-bond acceptors (Lipinski definition) is 6. The first-order valence-electron chi connectivity index (χ1n) is 13.0. The van der Waals surface area contributed by atoms with Crippen molar-refractivity contribution in [1.29, 1.82) is 0 Å². The Bertz CT molecular complexity index is 1470. The Balaban J connectivity index is 1.33. The number of ether oxygens (including phenoxy) is 2. The summed E-state index contributed by atoms with van der Waals surface area (Å²) in [6, 6.07) is 15.5. The van der Waals surface area contributed by atoms with Crippen LogP contribution in [0.5, 0.6) is 0 Å². The van der Waals surface area contributed by atoms with Crippen molar-refractivity contribution in [3.63, 3.8) is 0 Å². The minimum Gasteiger partial charge on any atom is -0.382 e. The number of carbonyl (C=O) groups is 1. The van der Waals surface area contributed by atoms with Gasteiger partial charge in [0.1, 0.15) is 5.52 Å². The van der Waals surface area contributed by atoms with E-state index in [1.807, 2.05) is 47.4 Å². The molecular formula is C29H33N5O4. The van der Waals surface area contributed by atoms with E-state index in [0.717, 1.165) is 23.1 Å². The number of H-pyrrole nitrogens is 1. The molecule has 1 atom stereocenters. The van der Waals surface area contributed by atoms with E-state index in [1.165, 1.54) is 0 Å². The van der Waals surface area contributed by atoms with Crippen LogP contribution in [0.4, 0.5) is 0 Å². The maximum absolute atomic E-state index is 13.0. The lowest BCUT2D eigenvalue weighted by molar-refractivity contribution is 0.0218. The Morgan fingerprint density at radius 3 is 2.68 bits per heavy atom. The molecule has 1 N–H and O–H groups in total. The summed E-state index contributed by atoms with van der Waals surface area (Å²) in [6.07, 6.45) is 2.53. The summed E-state index contributed by atoms with van der Waals surface area (Å²) in [6.45, 7) is 6.93. The molecule has 0 spiro atoms. The molecule has 1 aliphatic heterocycles. The van der Waals surface area contributed by atoms with Crippen molar-refractivity contribution in [3.05, 3.63) is 81.9 Å². The predicted octanol–water partition coefficient (Wildman–Crippen LogP) is 3.84. The number of nitrogens with one attached hydrogen (secondary N) is 1. The lowest BCUT2D eigenvalue weighted by atomic mass is 9.97. The van der Waals surface area contributed by atoms with Crippen LogP contribution in [0.1, 0.15) is 47.7 Å². The highest BCUT2D eigenvalue weighted by Crippen LogP contribution is 2.27. The largest absolute Gasteiger partial charge is 0.382 e. The summed E-state index contributed by atoms with van der Waals surface area (Å²) in [5, 5.41) is 0. The second-order valence-electron chi connectivity index (χ2n) is 9.91. The molecule has 5 rings (SSSR count). The molecule has 1 fully saturated rings. The van der Waals surface area contributed by atoms with Gasteiger partial charge >= 0.3 is 5.69 Å². The molecule has 38 heavy (non-hydrogen) atoms. The summed E-state index contributed by atoms with van der Waals surface area (Å²) in [7, 11) is 1.64. The Labute approximate surface area is 221 Å². The van der Waals surface area contributed by atoms with Gasteiger partial charge in [-0.1, -0.05) is 50.2 Å². The average Bonchev–Trinajstić information content (AvgIpc) is 3.53. The van der Waals surface area contributed by atoms with E-state index in [1.54, 1.807) is 17.9 Å². The third-order valence-corrected chi connectivity index (χ3v) is 6.95. The SMILES string of the molecule is COCCO[C@H]1CCN(C(=O)c2ccc(Cn3c(=O)[nH]c4cnc(-c5ccccc5C(C)C)nc43)cc2)C1. The summed E-state index contributed by atoms with van der Waals surface area (Å²) in [5.74, 6) is 0.889. The zero-order valence-electron chi connectivity index (χ0n) is 22.0. The van der Waals surface area contributed by atoms with Crippen molar-refractivity contribution in [2.75, 3.05) is 33.4 Å². The molecule has 0 bridgehead atoms. The van der Waals surface area contributed by atoms with Gasteiger partial charge in [-0.15, -0.1) is 0 Å². The first kappa shape index (κ1) is 25.8. The van der Waals surface area contributed by atoms with E-state index in [0.29, 0.717) is 61.3 Å². The van der Waals surface area contributed by atoms with Crippen molar-refractivity contribution in [1.82, 2.24) is 24.4 Å². The third kappa shape index (κ3) is 5.39. The zero-order chi connectivity index (χ0) is 26.6. The number of fused-ring (bicyclic) bond motifs is 1. The van der Waals surface area contributed by atoms with Gasteiger partial charge in [0, 0.05) is 31.3 Å². The van der Waals surface area contributed by atoms with Gasteiger partial charge in [-0.05, 0) is 35.6 Å². The van der Waals surface area contributed by atoms with Gasteiger partial charge in [0.15, 0.2) is 11.5 Å². The number of likely N-dealkylation sites (tertiary alicyclic amines) is 1. The van der Waals surface area contributed by atoms with Gasteiger partial charge in [-0.3, -0.25) is 9.36 Å². The molecule has 9 nitrogen and oxygen atoms in total. The minimum atomic E-state index is -0.250. The lowest BCUT2D eigenvalue weighted by Gasteiger charge is -2.17. The Kier molecular flexibility index (Phi) is 7.67. The quantitative estimate of drug-likeness (QED) is 0.340. The van der Waals surface area contributed by atoms with Gasteiger partial charge in [0.25, 0.3) is 5.91 Å². The molecule has 0 aliphatic carbocycles. The number of aromatic nitrogens is 4. The summed E-state index contributed by atoms with van der Waals surface area (Å²) >= 11 is 0. The molecule has 0 unspecified atom stereocenters. The maximum atomic E-state index is 13.0. The number of hydrogen-bond donors (Lipinski definition) is 1. The highest BCUT2D eigenvalue weighted by molar-refractivity contribution is 5.94. The second-order valence-corrected chi connectivity index (χ2v) is 9.91. The smallest absolute Gasteiger partial charge is 0.328 e. The van der Waals surface area contributed by atoms with Crippen molar-refractivity contribution >= 4 is 17.1 Å². The Hall–Kier alpha value is -3.82. The molecule has 1 amide bonds. The number of methoxy groups -OCH3 is 1. The number of amides is 1. The standard InChI is InChI=1S/C29H33N5O4/c1-19(2)23-6-4-5-7-24(23)26-30-16-25-27(32-26)34(29(36)31-25)17-20-8-10-21(11-9-20)28(35)33-13-12-22(18-33)38-15-14-37-3/h4-11,16,19,22H,12-15,17-18H2,1-3H3,(H,31,36)/t22-/m0/s1. The summed E-state index contributed by atoms with van der Waals surface area (Å²) < 4.78 is 12.4. The van der Waals surface area contributed by atoms with Gasteiger partial charge in [0.05, 0.1) is 32.1 Å². The highest BCUT2D eigenvalue weighted by Gasteiger charge is 2.27. The zero-order valence-corrected chi connectivity index (χ0v) is 22.0. The topological polar surface area (TPSA) is 102 Å². The minimum absolute atomic E-state index is 0.0140. The van der Waals surface area contributed by atoms with Gasteiger partial charge in [0.2, 0.25) is 0 Å². The molecule has 1 saturated heterocycles. The van der Waals surface area contributed by atoms with Crippen molar-refractivity contribution in [2.24, 2.45) is 0 Å². The van der Waals surface area contributed by atoms with Crippen LogP contribution in [0.15, 0.2) is 59.5 Å². The predicted molar refractivity (Wildman–Crippen MR) is 145 cm³/mol. The van der Waals surface area contributed by atoms with Gasteiger partial charge in [-0.2, -0.15) is 0 Å². The number of aromatic amines is 1. The molecule has 0 saturated carbocycles. The molecule has 4 aromatic rings. The third-order valence-electron chi connectivity index (χ3n) is 6.95. The molecule has 2 aromatic carbocycles. The molecule has 2 aromatic heterocycles. The van der Waals surface area contributed by atoms with Crippen molar-refractivity contribution < 1.29 is 14.3 Å². The molecular weight excluding hydrogens is 482 g/mol. The Morgan fingerprint density at radius 2 is 1.92 bits per heavy atom. The fourth-order valence-corrected chi connectivity index (χ4v) is 4.89. The highest BCUT2D eigenvalue weighted by atomic mass is 16.5. The molecule has 3 heterocycles. The fourth-order valence-electron chi connectivity index (χ4n) is 4.89. The van der Waals surface area contributed by atoms with Crippen LogP contribution in [0.3, 0.4) is 0 Å². The van der Waals surface area contributed by atoms with Crippen LogP contribution in [0.25, 0.3) is 22.6 Å². The van der Waals surface area contributed by atoms with Gasteiger partial charge < -0.3 is 19.4 Å². The first-order chi connectivity index (χ1) is 18.4. The van der Waals surface area contributed by atoms with Crippen LogP contribution >= 0.6 is 0 Å². The van der Waals surface area contributed by atoms with Crippen LogP contribution in [-0.2, 0) is 16.0 Å². The number of rotatable bonds is 9. The van der Waals surface area contributed by atoms with E-state index in [-0.39, 0.29) is 17.7 Å². The number of benzene rings is 2. The van der Waals surface area contributed by atoms with E-state index >= 15 is 0 Å². The second kappa shape index (κ2) is 11.3. The van der Waals surface area contributed by atoms with E-state index in [9.17, 15) is 9.59 Å². The number of imidazole rings is 1. The number of nitrogens with zero attached hydrogens (tertiary/aromatic N) is 4.